The zero-order chi connectivity index (χ0) is 12.7. The van der Waals surface area contributed by atoms with Crippen molar-refractivity contribution in [2.75, 3.05) is 13.7 Å². The maximum absolute atomic E-state index is 11.7. The number of methoxy groups -OCH3 is 1. The molecule has 0 aliphatic carbocycles. The zero-order valence-corrected chi connectivity index (χ0v) is 10.2. The highest BCUT2D eigenvalue weighted by molar-refractivity contribution is 5.76. The van der Waals surface area contributed by atoms with E-state index in [-0.39, 0.29) is 24.5 Å². The summed E-state index contributed by atoms with van der Waals surface area (Å²) in [5.41, 5.74) is 6.48. The summed E-state index contributed by atoms with van der Waals surface area (Å²) < 4.78 is 5.06. The van der Waals surface area contributed by atoms with Crippen LogP contribution in [0, 0.1) is 0 Å². The maximum atomic E-state index is 11.7. The second kappa shape index (κ2) is 6.98. The molecule has 0 spiro atoms. The summed E-state index contributed by atoms with van der Waals surface area (Å²) in [4.78, 5) is 15.6. The molecule has 17 heavy (non-hydrogen) atoms. The van der Waals surface area contributed by atoms with Crippen molar-refractivity contribution in [3.63, 3.8) is 0 Å². The van der Waals surface area contributed by atoms with Crippen molar-refractivity contribution in [1.29, 1.82) is 0 Å². The Morgan fingerprint density at radius 3 is 2.71 bits per heavy atom. The first-order valence-corrected chi connectivity index (χ1v) is 5.59. The van der Waals surface area contributed by atoms with Crippen LogP contribution in [0.2, 0.25) is 0 Å². The van der Waals surface area contributed by atoms with Crippen LogP contribution in [0.25, 0.3) is 0 Å². The molecule has 0 aromatic carbocycles. The number of amides is 1. The Hall–Kier alpha value is -1.46. The molecule has 1 heterocycles. The molecule has 3 N–H and O–H groups in total. The van der Waals surface area contributed by atoms with Gasteiger partial charge in [0, 0.05) is 26.0 Å². The van der Waals surface area contributed by atoms with Crippen LogP contribution in [0.5, 0.6) is 0 Å². The minimum atomic E-state index is -0.223. The number of aromatic nitrogens is 1. The summed E-state index contributed by atoms with van der Waals surface area (Å²) >= 11 is 0. The number of hydrogen-bond acceptors (Lipinski definition) is 4. The van der Waals surface area contributed by atoms with Gasteiger partial charge in [-0.2, -0.15) is 0 Å². The average Bonchev–Trinajstić information content (AvgIpc) is 2.37. The number of carbonyl (C=O) groups is 1. The first-order valence-electron chi connectivity index (χ1n) is 5.59. The number of nitrogens with zero attached hydrogens (tertiary/aromatic N) is 1. The van der Waals surface area contributed by atoms with Gasteiger partial charge in [-0.1, -0.05) is 0 Å². The summed E-state index contributed by atoms with van der Waals surface area (Å²) in [6.07, 6.45) is 3.47. The lowest BCUT2D eigenvalue weighted by Gasteiger charge is -2.17. The van der Waals surface area contributed by atoms with Gasteiger partial charge in [0.2, 0.25) is 5.91 Å². The number of pyridine rings is 1. The van der Waals surface area contributed by atoms with Crippen molar-refractivity contribution >= 4 is 5.91 Å². The largest absolute Gasteiger partial charge is 0.380 e. The Kier molecular flexibility index (Phi) is 5.59. The number of hydrogen-bond donors (Lipinski definition) is 2. The molecule has 94 valence electrons. The third-order valence-electron chi connectivity index (χ3n) is 2.59. The van der Waals surface area contributed by atoms with Gasteiger partial charge in [0.05, 0.1) is 18.6 Å². The SMILES string of the molecule is COC(CN)CC(=O)N[C@@H](C)c1ccncc1. The second-order valence-electron chi connectivity index (χ2n) is 3.87. The molecule has 1 aromatic rings. The molecule has 1 rings (SSSR count). The van der Waals surface area contributed by atoms with E-state index >= 15 is 0 Å². The minimum Gasteiger partial charge on any atom is -0.380 e. The van der Waals surface area contributed by atoms with E-state index in [0.29, 0.717) is 6.54 Å². The van der Waals surface area contributed by atoms with Gasteiger partial charge in [-0.05, 0) is 24.6 Å². The fourth-order valence-corrected chi connectivity index (χ4v) is 1.51. The zero-order valence-electron chi connectivity index (χ0n) is 10.2. The van der Waals surface area contributed by atoms with Gasteiger partial charge in [0.25, 0.3) is 0 Å². The van der Waals surface area contributed by atoms with Crippen molar-refractivity contribution in [2.45, 2.75) is 25.5 Å². The Bertz CT molecular complexity index is 339. The minimum absolute atomic E-state index is 0.0409. The first kappa shape index (κ1) is 13.6. The Balaban J connectivity index is 2.46. The lowest BCUT2D eigenvalue weighted by Crippen LogP contribution is -2.33. The van der Waals surface area contributed by atoms with Gasteiger partial charge in [0.1, 0.15) is 0 Å². The fourth-order valence-electron chi connectivity index (χ4n) is 1.51. The smallest absolute Gasteiger partial charge is 0.223 e. The van der Waals surface area contributed by atoms with Crippen molar-refractivity contribution in [2.24, 2.45) is 5.73 Å². The molecule has 0 bridgehead atoms. The van der Waals surface area contributed by atoms with Crippen LogP contribution in [0.1, 0.15) is 24.9 Å². The first-order chi connectivity index (χ1) is 8.17. The van der Waals surface area contributed by atoms with Gasteiger partial charge in [0.15, 0.2) is 0 Å². The topological polar surface area (TPSA) is 77.2 Å². The summed E-state index contributed by atoms with van der Waals surface area (Å²) in [7, 11) is 1.55. The van der Waals surface area contributed by atoms with E-state index in [1.54, 1.807) is 19.5 Å². The van der Waals surface area contributed by atoms with Crippen LogP contribution >= 0.6 is 0 Å². The predicted molar refractivity (Wildman–Crippen MR) is 65.3 cm³/mol. The third kappa shape index (κ3) is 4.50. The van der Waals surface area contributed by atoms with Crippen LogP contribution in [0.3, 0.4) is 0 Å². The summed E-state index contributed by atoms with van der Waals surface area (Å²) in [5, 5.41) is 2.89. The average molecular weight is 237 g/mol. The quantitative estimate of drug-likeness (QED) is 0.760. The van der Waals surface area contributed by atoms with Crippen molar-refractivity contribution in [1.82, 2.24) is 10.3 Å². The molecule has 1 aromatic heterocycles. The molecule has 2 atom stereocenters. The van der Waals surface area contributed by atoms with Gasteiger partial charge in [-0.15, -0.1) is 0 Å². The van der Waals surface area contributed by atoms with Gasteiger partial charge >= 0.3 is 0 Å². The van der Waals surface area contributed by atoms with Gasteiger partial charge in [-0.25, -0.2) is 0 Å². The third-order valence-corrected chi connectivity index (χ3v) is 2.59. The standard InChI is InChI=1S/C12H19N3O2/c1-9(10-3-5-14-6-4-10)15-12(16)7-11(8-13)17-2/h3-6,9,11H,7-8,13H2,1-2H3,(H,15,16)/t9-,11?/m0/s1. The lowest BCUT2D eigenvalue weighted by atomic mass is 10.1. The summed E-state index contributed by atoms with van der Waals surface area (Å²) in [5.74, 6) is -0.0633. The molecule has 5 heteroatoms. The molecular weight excluding hydrogens is 218 g/mol. The van der Waals surface area contributed by atoms with Crippen LogP contribution in [-0.2, 0) is 9.53 Å². The summed E-state index contributed by atoms with van der Waals surface area (Å²) in [6.45, 7) is 2.27. The van der Waals surface area contributed by atoms with Crippen LogP contribution in [-0.4, -0.2) is 30.6 Å². The molecule has 1 unspecified atom stereocenters. The number of ether oxygens (including phenoxy) is 1. The number of rotatable bonds is 6. The van der Waals surface area contributed by atoms with E-state index in [1.165, 1.54) is 0 Å². The molecule has 0 fully saturated rings. The highest BCUT2D eigenvalue weighted by Gasteiger charge is 2.14. The Labute approximate surface area is 101 Å². The lowest BCUT2D eigenvalue weighted by molar-refractivity contribution is -0.124. The molecule has 5 nitrogen and oxygen atoms in total. The highest BCUT2D eigenvalue weighted by atomic mass is 16.5. The molecule has 0 aliphatic rings. The van der Waals surface area contributed by atoms with Crippen LogP contribution < -0.4 is 11.1 Å². The monoisotopic (exact) mass is 237 g/mol. The van der Waals surface area contributed by atoms with Gasteiger partial charge < -0.3 is 15.8 Å². The second-order valence-corrected chi connectivity index (χ2v) is 3.87. The molecular formula is C12H19N3O2. The van der Waals surface area contributed by atoms with E-state index in [9.17, 15) is 4.79 Å². The van der Waals surface area contributed by atoms with Crippen LogP contribution in [0.4, 0.5) is 0 Å². The maximum Gasteiger partial charge on any atom is 0.223 e. The molecule has 0 saturated carbocycles. The van der Waals surface area contributed by atoms with E-state index in [4.69, 9.17) is 10.5 Å². The van der Waals surface area contributed by atoms with Crippen LogP contribution in [0.15, 0.2) is 24.5 Å². The summed E-state index contributed by atoms with van der Waals surface area (Å²) in [6, 6.07) is 3.71. The Morgan fingerprint density at radius 2 is 2.18 bits per heavy atom. The van der Waals surface area contributed by atoms with Crippen molar-refractivity contribution in [3.05, 3.63) is 30.1 Å². The predicted octanol–water partition coefficient (Wildman–Crippen LogP) is 0.623. The van der Waals surface area contributed by atoms with Gasteiger partial charge in [-0.3, -0.25) is 9.78 Å². The molecule has 1 amide bonds. The number of carbonyl (C=O) groups excluding carboxylic acids is 1. The normalized spacial score (nSPS) is 14.1. The number of nitrogens with one attached hydrogen (secondary N) is 1. The van der Waals surface area contributed by atoms with Crippen molar-refractivity contribution in [3.8, 4) is 0 Å². The molecule has 0 aliphatic heterocycles. The Morgan fingerprint density at radius 1 is 1.53 bits per heavy atom. The van der Waals surface area contributed by atoms with Crippen molar-refractivity contribution < 1.29 is 9.53 Å². The van der Waals surface area contributed by atoms with E-state index < -0.39 is 0 Å². The van der Waals surface area contributed by atoms with E-state index in [0.717, 1.165) is 5.56 Å². The fraction of sp³-hybridized carbons (Fsp3) is 0.500. The highest BCUT2D eigenvalue weighted by Crippen LogP contribution is 2.10. The van der Waals surface area contributed by atoms with E-state index in [2.05, 4.69) is 10.3 Å². The number of nitrogens with two attached hydrogens (primary N) is 1. The molecule has 0 radical (unpaired) electrons. The van der Waals surface area contributed by atoms with E-state index in [1.807, 2.05) is 19.1 Å². The molecule has 0 saturated heterocycles.